The van der Waals surface area contributed by atoms with Crippen molar-refractivity contribution in [2.24, 2.45) is 5.92 Å². The number of aromatic amines is 1. The van der Waals surface area contributed by atoms with Crippen molar-refractivity contribution in [1.82, 2.24) is 20.5 Å². The van der Waals surface area contributed by atoms with Gasteiger partial charge in [0.2, 0.25) is 0 Å². The highest BCUT2D eigenvalue weighted by atomic mass is 16.3. The molecule has 6 heteroatoms. The Balaban J connectivity index is 1.64. The van der Waals surface area contributed by atoms with Crippen LogP contribution >= 0.6 is 0 Å². The number of pyridine rings is 1. The topological polar surface area (TPSA) is 90.9 Å². The lowest BCUT2D eigenvalue weighted by atomic mass is 10.0. The van der Waals surface area contributed by atoms with Crippen LogP contribution in [0.1, 0.15) is 16.1 Å². The number of hydrogen-bond donors (Lipinski definition) is 3. The molecule has 1 unspecified atom stereocenters. The molecular weight excluding hydrogens is 292 g/mol. The first-order chi connectivity index (χ1) is 11.3. The lowest BCUT2D eigenvalue weighted by molar-refractivity contribution is 0.0941. The number of carbonyl (C=O) groups excluding carboxylic acids is 1. The number of aliphatic hydroxyl groups is 1. The third-order valence-corrected chi connectivity index (χ3v) is 3.75. The molecule has 0 saturated carbocycles. The maximum atomic E-state index is 12.4. The molecule has 0 radical (unpaired) electrons. The first-order valence-electron chi connectivity index (χ1n) is 7.49. The van der Waals surface area contributed by atoms with E-state index < -0.39 is 0 Å². The van der Waals surface area contributed by atoms with Crippen molar-refractivity contribution in [2.75, 3.05) is 13.2 Å². The Kier molecular flexibility index (Phi) is 4.63. The molecule has 1 aromatic carbocycles. The average Bonchev–Trinajstić information content (AvgIpc) is 3.07. The minimum Gasteiger partial charge on any atom is -0.396 e. The van der Waals surface area contributed by atoms with E-state index in [1.54, 1.807) is 18.5 Å². The second kappa shape index (κ2) is 7.02. The zero-order valence-electron chi connectivity index (χ0n) is 12.6. The van der Waals surface area contributed by atoms with Crippen molar-refractivity contribution in [2.45, 2.75) is 6.42 Å². The largest absolute Gasteiger partial charge is 0.396 e. The third kappa shape index (κ3) is 3.54. The monoisotopic (exact) mass is 310 g/mol. The fourth-order valence-corrected chi connectivity index (χ4v) is 2.51. The Hall–Kier alpha value is -2.73. The number of H-pyrrole nitrogens is 1. The SMILES string of the molecule is O=C(NCC(CO)Cc1ccccn1)c1cccc2cn[nH]c12. The van der Waals surface area contributed by atoms with Gasteiger partial charge in [0, 0.05) is 36.3 Å². The summed E-state index contributed by atoms with van der Waals surface area (Å²) in [7, 11) is 0. The zero-order chi connectivity index (χ0) is 16.1. The molecule has 118 valence electrons. The van der Waals surface area contributed by atoms with Crippen LogP contribution in [0.25, 0.3) is 10.9 Å². The lowest BCUT2D eigenvalue weighted by Gasteiger charge is -2.15. The smallest absolute Gasteiger partial charge is 0.253 e. The summed E-state index contributed by atoms with van der Waals surface area (Å²) in [6.45, 7) is 0.377. The van der Waals surface area contributed by atoms with Crippen LogP contribution in [0.3, 0.4) is 0 Å². The summed E-state index contributed by atoms with van der Waals surface area (Å²) >= 11 is 0. The number of nitrogens with one attached hydrogen (secondary N) is 2. The van der Waals surface area contributed by atoms with Gasteiger partial charge in [0.1, 0.15) is 0 Å². The molecule has 1 atom stereocenters. The Morgan fingerprint density at radius 2 is 2.17 bits per heavy atom. The summed E-state index contributed by atoms with van der Waals surface area (Å²) < 4.78 is 0. The highest BCUT2D eigenvalue weighted by Crippen LogP contribution is 2.15. The van der Waals surface area contributed by atoms with Crippen LogP contribution < -0.4 is 5.32 Å². The highest BCUT2D eigenvalue weighted by Gasteiger charge is 2.14. The summed E-state index contributed by atoms with van der Waals surface area (Å²) in [5.74, 6) is -0.255. The molecule has 2 heterocycles. The first-order valence-corrected chi connectivity index (χ1v) is 7.49. The van der Waals surface area contributed by atoms with Crippen molar-refractivity contribution in [3.05, 3.63) is 60.0 Å². The molecule has 6 nitrogen and oxygen atoms in total. The zero-order valence-corrected chi connectivity index (χ0v) is 12.6. The summed E-state index contributed by atoms with van der Waals surface area (Å²) in [5, 5.41) is 20.1. The molecule has 1 amide bonds. The predicted octanol–water partition coefficient (Wildman–Crippen LogP) is 1.54. The highest BCUT2D eigenvalue weighted by molar-refractivity contribution is 6.05. The van der Waals surface area contributed by atoms with Gasteiger partial charge in [-0.2, -0.15) is 5.10 Å². The number of rotatable bonds is 6. The predicted molar refractivity (Wildman–Crippen MR) is 86.9 cm³/mol. The van der Waals surface area contributed by atoms with Crippen LogP contribution in [0.2, 0.25) is 0 Å². The Morgan fingerprint density at radius 1 is 1.26 bits per heavy atom. The molecule has 0 spiro atoms. The molecule has 3 N–H and O–H groups in total. The van der Waals surface area contributed by atoms with Crippen molar-refractivity contribution in [3.63, 3.8) is 0 Å². The maximum Gasteiger partial charge on any atom is 0.253 e. The molecule has 0 fully saturated rings. The number of benzene rings is 1. The quantitative estimate of drug-likeness (QED) is 0.644. The summed E-state index contributed by atoms with van der Waals surface area (Å²) in [5.41, 5.74) is 2.17. The molecule has 2 aromatic heterocycles. The Morgan fingerprint density at radius 3 is 2.96 bits per heavy atom. The van der Waals surface area contributed by atoms with Crippen LogP contribution in [-0.2, 0) is 6.42 Å². The van der Waals surface area contributed by atoms with Gasteiger partial charge in [-0.15, -0.1) is 0 Å². The number of aromatic nitrogens is 3. The van der Waals surface area contributed by atoms with Crippen molar-refractivity contribution in [3.8, 4) is 0 Å². The number of fused-ring (bicyclic) bond motifs is 1. The van der Waals surface area contributed by atoms with Crippen LogP contribution in [0, 0.1) is 5.92 Å². The first kappa shape index (κ1) is 15.2. The van der Waals surface area contributed by atoms with E-state index in [1.807, 2.05) is 30.3 Å². The van der Waals surface area contributed by atoms with E-state index >= 15 is 0 Å². The minimum absolute atomic E-state index is 0.00882. The third-order valence-electron chi connectivity index (χ3n) is 3.75. The van der Waals surface area contributed by atoms with Crippen LogP contribution in [0.4, 0.5) is 0 Å². The van der Waals surface area contributed by atoms with E-state index in [9.17, 15) is 9.90 Å². The molecule has 0 aliphatic rings. The molecule has 0 saturated heterocycles. The molecular formula is C17H18N4O2. The normalized spacial score (nSPS) is 12.2. The van der Waals surface area contributed by atoms with E-state index in [1.165, 1.54) is 0 Å². The van der Waals surface area contributed by atoms with Gasteiger partial charge in [-0.25, -0.2) is 0 Å². The van der Waals surface area contributed by atoms with Gasteiger partial charge in [-0.1, -0.05) is 18.2 Å². The Bertz CT molecular complexity index is 785. The fourth-order valence-electron chi connectivity index (χ4n) is 2.51. The van der Waals surface area contributed by atoms with E-state index in [4.69, 9.17) is 0 Å². The number of aliphatic hydroxyl groups excluding tert-OH is 1. The fraction of sp³-hybridized carbons (Fsp3) is 0.235. The second-order valence-corrected chi connectivity index (χ2v) is 5.42. The van der Waals surface area contributed by atoms with E-state index in [0.717, 1.165) is 16.6 Å². The van der Waals surface area contributed by atoms with Crippen molar-refractivity contribution >= 4 is 16.8 Å². The number of amides is 1. The second-order valence-electron chi connectivity index (χ2n) is 5.42. The van der Waals surface area contributed by atoms with Gasteiger partial charge in [-0.05, 0) is 24.6 Å². The summed E-state index contributed by atoms with van der Waals surface area (Å²) in [6.07, 6.45) is 4.02. The van der Waals surface area contributed by atoms with Gasteiger partial charge >= 0.3 is 0 Å². The van der Waals surface area contributed by atoms with Crippen molar-refractivity contribution < 1.29 is 9.90 Å². The summed E-state index contributed by atoms with van der Waals surface area (Å²) in [6, 6.07) is 11.1. The number of para-hydroxylation sites is 1. The molecule has 23 heavy (non-hydrogen) atoms. The van der Waals surface area contributed by atoms with E-state index in [2.05, 4.69) is 20.5 Å². The molecule has 3 rings (SSSR count). The molecule has 0 aliphatic carbocycles. The Labute approximate surface area is 133 Å². The average molecular weight is 310 g/mol. The van der Waals surface area contributed by atoms with Crippen LogP contribution in [-0.4, -0.2) is 39.3 Å². The van der Waals surface area contributed by atoms with Gasteiger partial charge in [-0.3, -0.25) is 14.9 Å². The van der Waals surface area contributed by atoms with E-state index in [-0.39, 0.29) is 18.4 Å². The van der Waals surface area contributed by atoms with E-state index in [0.29, 0.717) is 18.5 Å². The van der Waals surface area contributed by atoms with Gasteiger partial charge in [0.15, 0.2) is 0 Å². The molecule has 0 bridgehead atoms. The van der Waals surface area contributed by atoms with Crippen molar-refractivity contribution in [1.29, 1.82) is 0 Å². The van der Waals surface area contributed by atoms with Gasteiger partial charge < -0.3 is 10.4 Å². The number of nitrogens with zero attached hydrogens (tertiary/aromatic N) is 2. The van der Waals surface area contributed by atoms with Crippen LogP contribution in [0.15, 0.2) is 48.8 Å². The number of hydrogen-bond acceptors (Lipinski definition) is 4. The standard InChI is InChI=1S/C17H18N4O2/c22-11-12(8-14-5-1-2-7-18-14)9-19-17(23)15-6-3-4-13-10-20-21-16(13)15/h1-7,10,12,22H,8-9,11H2,(H,19,23)(H,20,21). The minimum atomic E-state index is -0.181. The lowest BCUT2D eigenvalue weighted by Crippen LogP contribution is -2.32. The number of carbonyl (C=O) groups is 1. The maximum absolute atomic E-state index is 12.4. The summed E-state index contributed by atoms with van der Waals surface area (Å²) in [4.78, 5) is 16.6. The van der Waals surface area contributed by atoms with Gasteiger partial charge in [0.05, 0.1) is 17.3 Å². The van der Waals surface area contributed by atoms with Gasteiger partial charge in [0.25, 0.3) is 5.91 Å². The van der Waals surface area contributed by atoms with Crippen LogP contribution in [0.5, 0.6) is 0 Å². The molecule has 3 aromatic rings. The molecule has 0 aliphatic heterocycles.